The van der Waals surface area contributed by atoms with Crippen LogP contribution in [0.2, 0.25) is 0 Å². The van der Waals surface area contributed by atoms with Crippen LogP contribution < -0.4 is 5.32 Å². The van der Waals surface area contributed by atoms with E-state index in [0.717, 1.165) is 11.1 Å². The summed E-state index contributed by atoms with van der Waals surface area (Å²) < 4.78 is 5.50. The summed E-state index contributed by atoms with van der Waals surface area (Å²) in [6.45, 7) is 4.74. The molecule has 1 aliphatic rings. The Labute approximate surface area is 159 Å². The third-order valence-electron chi connectivity index (χ3n) is 5.40. The molecule has 2 N–H and O–H groups in total. The number of amides is 1. The fourth-order valence-corrected chi connectivity index (χ4v) is 3.52. The van der Waals surface area contributed by atoms with Crippen molar-refractivity contribution in [2.24, 2.45) is 0 Å². The van der Waals surface area contributed by atoms with E-state index >= 15 is 0 Å². The fourth-order valence-electron chi connectivity index (χ4n) is 3.52. The molecule has 142 valence electrons. The number of carbonyl (C=O) groups excluding carboxylic acids is 1. The quantitative estimate of drug-likeness (QED) is 0.841. The van der Waals surface area contributed by atoms with Crippen molar-refractivity contribution in [1.29, 1.82) is 0 Å². The van der Waals surface area contributed by atoms with Gasteiger partial charge in [-0.2, -0.15) is 0 Å². The predicted octanol–water partition coefficient (Wildman–Crippen LogP) is 3.87. The fraction of sp³-hybridized carbons (Fsp3) is 0.364. The highest BCUT2D eigenvalue weighted by atomic mass is 16.5. The summed E-state index contributed by atoms with van der Waals surface area (Å²) in [5.74, 6) is -1.59. The standard InChI is InChI=1S/C22H25NO4/c1-15-6-8-18(9-7-15)22(10-12-27-13-11-22)21(26)23-19-5-3-4-17(14-19)16(2)20(24)25/h3-9,14,16H,10-13H2,1-2H3,(H,23,26)(H,24,25). The first-order valence-electron chi connectivity index (χ1n) is 9.21. The van der Waals surface area contributed by atoms with E-state index in [-0.39, 0.29) is 5.91 Å². The third kappa shape index (κ3) is 4.03. The van der Waals surface area contributed by atoms with E-state index in [1.807, 2.05) is 31.2 Å². The first-order valence-corrected chi connectivity index (χ1v) is 9.21. The number of anilines is 1. The molecule has 1 atom stereocenters. The summed E-state index contributed by atoms with van der Waals surface area (Å²) in [7, 11) is 0. The van der Waals surface area contributed by atoms with Crippen LogP contribution in [0.1, 0.15) is 42.4 Å². The Morgan fingerprint density at radius 3 is 2.41 bits per heavy atom. The molecule has 0 aromatic heterocycles. The molecule has 0 spiro atoms. The van der Waals surface area contributed by atoms with E-state index in [4.69, 9.17) is 4.74 Å². The summed E-state index contributed by atoms with van der Waals surface area (Å²) in [6, 6.07) is 15.1. The molecule has 2 aromatic carbocycles. The molecule has 2 aromatic rings. The van der Waals surface area contributed by atoms with Crippen LogP contribution in [0.25, 0.3) is 0 Å². The van der Waals surface area contributed by atoms with Crippen LogP contribution in [-0.4, -0.2) is 30.2 Å². The number of benzene rings is 2. The van der Waals surface area contributed by atoms with E-state index in [1.54, 1.807) is 31.2 Å². The lowest BCUT2D eigenvalue weighted by Crippen LogP contribution is -2.44. The number of carboxylic acid groups (broad SMARTS) is 1. The van der Waals surface area contributed by atoms with E-state index in [9.17, 15) is 14.7 Å². The number of carboxylic acids is 1. The second kappa shape index (κ2) is 7.92. The SMILES string of the molecule is Cc1ccc(C2(C(=O)Nc3cccc(C(C)C(=O)O)c3)CCOCC2)cc1. The highest BCUT2D eigenvalue weighted by Gasteiger charge is 2.41. The van der Waals surface area contributed by atoms with Gasteiger partial charge in [0.05, 0.1) is 11.3 Å². The lowest BCUT2D eigenvalue weighted by Gasteiger charge is -2.36. The molecule has 0 saturated carbocycles. The Hall–Kier alpha value is -2.66. The van der Waals surface area contributed by atoms with Crippen molar-refractivity contribution in [1.82, 2.24) is 0 Å². The molecule has 1 heterocycles. The molecule has 1 fully saturated rings. The molecule has 0 radical (unpaired) electrons. The maximum absolute atomic E-state index is 13.3. The number of aryl methyl sites for hydroxylation is 1. The zero-order valence-electron chi connectivity index (χ0n) is 15.7. The minimum Gasteiger partial charge on any atom is -0.481 e. The molecule has 5 nitrogen and oxygen atoms in total. The van der Waals surface area contributed by atoms with Crippen molar-refractivity contribution in [2.45, 2.75) is 38.0 Å². The summed E-state index contributed by atoms with van der Waals surface area (Å²) >= 11 is 0. The smallest absolute Gasteiger partial charge is 0.310 e. The van der Waals surface area contributed by atoms with E-state index < -0.39 is 17.3 Å². The maximum Gasteiger partial charge on any atom is 0.310 e. The minimum absolute atomic E-state index is 0.0743. The van der Waals surface area contributed by atoms with Crippen LogP contribution in [0.5, 0.6) is 0 Å². The molecule has 3 rings (SSSR count). The van der Waals surface area contributed by atoms with Crippen molar-refractivity contribution < 1.29 is 19.4 Å². The summed E-state index contributed by atoms with van der Waals surface area (Å²) in [5.41, 5.74) is 2.78. The molecule has 0 aliphatic carbocycles. The molecule has 0 bridgehead atoms. The predicted molar refractivity (Wildman–Crippen MR) is 104 cm³/mol. The summed E-state index contributed by atoms with van der Waals surface area (Å²) in [6.07, 6.45) is 1.24. The first-order chi connectivity index (χ1) is 12.9. The zero-order chi connectivity index (χ0) is 19.4. The van der Waals surface area contributed by atoms with Crippen molar-refractivity contribution in [3.8, 4) is 0 Å². The van der Waals surface area contributed by atoms with E-state index in [2.05, 4.69) is 5.32 Å². The topological polar surface area (TPSA) is 75.6 Å². The monoisotopic (exact) mass is 367 g/mol. The van der Waals surface area contributed by atoms with Gasteiger partial charge in [-0.05, 0) is 49.9 Å². The van der Waals surface area contributed by atoms with Crippen molar-refractivity contribution in [3.05, 3.63) is 65.2 Å². The average Bonchev–Trinajstić information content (AvgIpc) is 2.68. The average molecular weight is 367 g/mol. The highest BCUT2D eigenvalue weighted by Crippen LogP contribution is 2.36. The van der Waals surface area contributed by atoms with Gasteiger partial charge in [-0.3, -0.25) is 9.59 Å². The number of aliphatic carboxylic acids is 1. The molecule has 1 aliphatic heterocycles. The number of carbonyl (C=O) groups is 2. The van der Waals surface area contributed by atoms with Gasteiger partial charge in [0.25, 0.3) is 0 Å². The Morgan fingerprint density at radius 1 is 1.11 bits per heavy atom. The molecular weight excluding hydrogens is 342 g/mol. The lowest BCUT2D eigenvalue weighted by molar-refractivity contribution is -0.138. The second-order valence-electron chi connectivity index (χ2n) is 7.20. The first kappa shape index (κ1) is 19.1. The van der Waals surface area contributed by atoms with Crippen LogP contribution in [0.3, 0.4) is 0 Å². The number of hydrogen-bond donors (Lipinski definition) is 2. The van der Waals surface area contributed by atoms with Gasteiger partial charge in [-0.25, -0.2) is 0 Å². The summed E-state index contributed by atoms with van der Waals surface area (Å²) in [4.78, 5) is 24.5. The van der Waals surface area contributed by atoms with E-state index in [0.29, 0.717) is 37.3 Å². The molecule has 5 heteroatoms. The Kier molecular flexibility index (Phi) is 5.61. The second-order valence-corrected chi connectivity index (χ2v) is 7.20. The maximum atomic E-state index is 13.3. The molecular formula is C22H25NO4. The lowest BCUT2D eigenvalue weighted by atomic mass is 9.73. The number of ether oxygens (including phenoxy) is 1. The van der Waals surface area contributed by atoms with Crippen molar-refractivity contribution in [2.75, 3.05) is 18.5 Å². The van der Waals surface area contributed by atoms with Gasteiger partial charge in [0.1, 0.15) is 0 Å². The van der Waals surface area contributed by atoms with Crippen molar-refractivity contribution >= 4 is 17.6 Å². The number of hydrogen-bond acceptors (Lipinski definition) is 3. The molecule has 1 saturated heterocycles. The minimum atomic E-state index is -0.890. The van der Waals surface area contributed by atoms with Crippen LogP contribution in [0, 0.1) is 6.92 Å². The Bertz CT molecular complexity index is 822. The third-order valence-corrected chi connectivity index (χ3v) is 5.40. The Balaban J connectivity index is 1.88. The van der Waals surface area contributed by atoms with Gasteiger partial charge >= 0.3 is 5.97 Å². The normalized spacial score (nSPS) is 17.1. The molecule has 27 heavy (non-hydrogen) atoms. The van der Waals surface area contributed by atoms with Crippen LogP contribution in [-0.2, 0) is 19.7 Å². The molecule has 1 amide bonds. The van der Waals surface area contributed by atoms with Gasteiger partial charge in [0, 0.05) is 18.9 Å². The highest BCUT2D eigenvalue weighted by molar-refractivity contribution is 5.99. The van der Waals surface area contributed by atoms with Crippen LogP contribution in [0.15, 0.2) is 48.5 Å². The van der Waals surface area contributed by atoms with Crippen molar-refractivity contribution in [3.63, 3.8) is 0 Å². The number of rotatable bonds is 5. The molecule has 1 unspecified atom stereocenters. The van der Waals surface area contributed by atoms with Gasteiger partial charge in [-0.15, -0.1) is 0 Å². The summed E-state index contributed by atoms with van der Waals surface area (Å²) in [5, 5.41) is 12.2. The van der Waals surface area contributed by atoms with Gasteiger partial charge in [0.2, 0.25) is 5.91 Å². The van der Waals surface area contributed by atoms with Gasteiger partial charge < -0.3 is 15.2 Å². The van der Waals surface area contributed by atoms with E-state index in [1.165, 1.54) is 0 Å². The van der Waals surface area contributed by atoms with Gasteiger partial charge in [0.15, 0.2) is 0 Å². The largest absolute Gasteiger partial charge is 0.481 e. The number of nitrogens with one attached hydrogen (secondary N) is 1. The zero-order valence-corrected chi connectivity index (χ0v) is 15.7. The Morgan fingerprint density at radius 2 is 1.78 bits per heavy atom. The van der Waals surface area contributed by atoms with Crippen LogP contribution in [0.4, 0.5) is 5.69 Å². The van der Waals surface area contributed by atoms with Crippen LogP contribution >= 0.6 is 0 Å². The van der Waals surface area contributed by atoms with Gasteiger partial charge in [-0.1, -0.05) is 42.0 Å².